The van der Waals surface area contributed by atoms with Crippen molar-refractivity contribution in [3.05, 3.63) is 11.2 Å². The number of nitrogens with zero attached hydrogens (tertiary/aromatic N) is 2. The van der Waals surface area contributed by atoms with E-state index in [4.69, 9.17) is 11.6 Å². The fraction of sp³-hybridized carbons (Fsp3) is 0.571. The van der Waals surface area contributed by atoms with Gasteiger partial charge in [-0.05, 0) is 19.4 Å². The zero-order chi connectivity index (χ0) is 10.1. The second kappa shape index (κ2) is 3.67. The molecule has 1 rings (SSSR count). The first kappa shape index (κ1) is 10.5. The second-order valence-corrected chi connectivity index (χ2v) is 4.66. The maximum absolute atomic E-state index is 11.4. The van der Waals surface area contributed by atoms with Gasteiger partial charge in [-0.2, -0.15) is 8.42 Å². The monoisotopic (exact) mass is 222 g/mol. The van der Waals surface area contributed by atoms with Crippen LogP contribution in [0.2, 0.25) is 0 Å². The highest BCUT2D eigenvalue weighted by Crippen LogP contribution is 2.21. The van der Waals surface area contributed by atoms with Gasteiger partial charge in [-0.3, -0.25) is 0 Å². The molecule has 0 aliphatic carbocycles. The van der Waals surface area contributed by atoms with E-state index in [0.717, 1.165) is 4.31 Å². The molecule has 0 saturated heterocycles. The highest BCUT2D eigenvalue weighted by atomic mass is 35.5. The molecule has 1 aliphatic rings. The van der Waals surface area contributed by atoms with Gasteiger partial charge in [0.15, 0.2) is 0 Å². The van der Waals surface area contributed by atoms with Gasteiger partial charge in [0.1, 0.15) is 5.16 Å². The molecule has 0 radical (unpaired) electrons. The number of halogens is 1. The minimum atomic E-state index is -3.56. The molecule has 0 spiro atoms. The Morgan fingerprint density at radius 1 is 1.62 bits per heavy atom. The number of hydrogen-bond acceptors (Lipinski definition) is 2. The van der Waals surface area contributed by atoms with Crippen LogP contribution < -0.4 is 0 Å². The normalized spacial score (nSPS) is 21.0. The fourth-order valence-electron chi connectivity index (χ4n) is 1.04. The SMILES string of the molecule is CCCN1C(Cl)=CC(C)=NS1(=O)=O. The molecule has 0 fully saturated rings. The Balaban J connectivity index is 3.06. The first-order valence-corrected chi connectivity index (χ1v) is 5.71. The van der Waals surface area contributed by atoms with E-state index < -0.39 is 10.2 Å². The van der Waals surface area contributed by atoms with Crippen LogP contribution in [0, 0.1) is 0 Å². The maximum atomic E-state index is 11.4. The molecule has 0 bridgehead atoms. The Labute approximate surface area is 83.1 Å². The smallest absolute Gasteiger partial charge is 0.241 e. The number of rotatable bonds is 2. The third-order valence-corrected chi connectivity index (χ3v) is 3.40. The van der Waals surface area contributed by atoms with E-state index in [1.807, 2.05) is 6.92 Å². The van der Waals surface area contributed by atoms with Crippen molar-refractivity contribution in [2.45, 2.75) is 20.3 Å². The molecule has 0 saturated carbocycles. The lowest BCUT2D eigenvalue weighted by Crippen LogP contribution is -2.31. The number of allylic oxidation sites excluding steroid dienone is 1. The van der Waals surface area contributed by atoms with Gasteiger partial charge in [0.05, 0.1) is 5.71 Å². The first-order valence-electron chi connectivity index (χ1n) is 3.94. The van der Waals surface area contributed by atoms with Crippen LogP contribution in [0.5, 0.6) is 0 Å². The Bertz CT molecular complexity index is 359. The summed E-state index contributed by atoms with van der Waals surface area (Å²) in [5.74, 6) is 0. The van der Waals surface area contributed by atoms with Gasteiger partial charge in [0.2, 0.25) is 0 Å². The van der Waals surface area contributed by atoms with Crippen LogP contribution in [0.15, 0.2) is 15.6 Å². The lowest BCUT2D eigenvalue weighted by atomic mass is 10.4. The van der Waals surface area contributed by atoms with Crippen molar-refractivity contribution >= 4 is 27.5 Å². The van der Waals surface area contributed by atoms with Gasteiger partial charge in [-0.25, -0.2) is 4.31 Å². The molecule has 4 nitrogen and oxygen atoms in total. The Morgan fingerprint density at radius 3 is 2.69 bits per heavy atom. The Kier molecular flexibility index (Phi) is 2.98. The molecule has 0 aromatic heterocycles. The molecule has 0 amide bonds. The van der Waals surface area contributed by atoms with Crippen molar-refractivity contribution in [3.63, 3.8) is 0 Å². The predicted octanol–water partition coefficient (Wildman–Crippen LogP) is 1.50. The number of hydrogen-bond donors (Lipinski definition) is 0. The molecule has 0 aromatic carbocycles. The topological polar surface area (TPSA) is 49.7 Å². The first-order chi connectivity index (χ1) is 5.97. The molecule has 74 valence electrons. The third-order valence-electron chi connectivity index (χ3n) is 1.53. The summed E-state index contributed by atoms with van der Waals surface area (Å²) < 4.78 is 27.4. The van der Waals surface area contributed by atoms with Crippen LogP contribution in [-0.2, 0) is 10.2 Å². The largest absolute Gasteiger partial charge is 0.345 e. The van der Waals surface area contributed by atoms with Gasteiger partial charge in [0, 0.05) is 6.54 Å². The van der Waals surface area contributed by atoms with E-state index in [2.05, 4.69) is 4.40 Å². The molecule has 0 atom stereocenters. The molecule has 6 heteroatoms. The van der Waals surface area contributed by atoms with E-state index in [-0.39, 0.29) is 5.16 Å². The minimum Gasteiger partial charge on any atom is -0.241 e. The molecule has 0 N–H and O–H groups in total. The molecule has 1 heterocycles. The van der Waals surface area contributed by atoms with Gasteiger partial charge < -0.3 is 0 Å². The highest BCUT2D eigenvalue weighted by molar-refractivity contribution is 7.88. The molecule has 0 unspecified atom stereocenters. The van der Waals surface area contributed by atoms with Gasteiger partial charge in [-0.15, -0.1) is 4.40 Å². The molecular weight excluding hydrogens is 212 g/mol. The van der Waals surface area contributed by atoms with Crippen LogP contribution in [0.1, 0.15) is 20.3 Å². The fourth-order valence-corrected chi connectivity index (χ4v) is 2.74. The van der Waals surface area contributed by atoms with Gasteiger partial charge in [-0.1, -0.05) is 18.5 Å². The summed E-state index contributed by atoms with van der Waals surface area (Å²) in [6.07, 6.45) is 2.25. The van der Waals surface area contributed by atoms with Crippen LogP contribution in [0.25, 0.3) is 0 Å². The van der Waals surface area contributed by atoms with Crippen LogP contribution >= 0.6 is 11.6 Å². The maximum Gasteiger partial charge on any atom is 0.345 e. The van der Waals surface area contributed by atoms with Crippen molar-refractivity contribution in [3.8, 4) is 0 Å². The lowest BCUT2D eigenvalue weighted by Gasteiger charge is -2.22. The van der Waals surface area contributed by atoms with E-state index in [1.54, 1.807) is 6.92 Å². The molecule has 13 heavy (non-hydrogen) atoms. The predicted molar refractivity (Wildman–Crippen MR) is 53.0 cm³/mol. The van der Waals surface area contributed by atoms with Crippen LogP contribution in [0.3, 0.4) is 0 Å². The quantitative estimate of drug-likeness (QED) is 0.665. The van der Waals surface area contributed by atoms with Crippen molar-refractivity contribution in [2.75, 3.05) is 6.54 Å². The van der Waals surface area contributed by atoms with Crippen molar-refractivity contribution in [1.29, 1.82) is 0 Å². The van der Waals surface area contributed by atoms with Crippen molar-refractivity contribution < 1.29 is 8.42 Å². The third kappa shape index (κ3) is 2.22. The van der Waals surface area contributed by atoms with E-state index in [1.165, 1.54) is 6.08 Å². The van der Waals surface area contributed by atoms with E-state index >= 15 is 0 Å². The summed E-state index contributed by atoms with van der Waals surface area (Å²) in [5, 5.41) is 0.217. The van der Waals surface area contributed by atoms with Crippen LogP contribution in [0.4, 0.5) is 0 Å². The molecule has 1 aliphatic heterocycles. The zero-order valence-corrected chi connectivity index (χ0v) is 9.06. The van der Waals surface area contributed by atoms with E-state index in [0.29, 0.717) is 18.7 Å². The van der Waals surface area contributed by atoms with Crippen molar-refractivity contribution in [1.82, 2.24) is 4.31 Å². The minimum absolute atomic E-state index is 0.217. The second-order valence-electron chi connectivity index (χ2n) is 2.75. The molecule has 0 aromatic rings. The van der Waals surface area contributed by atoms with Gasteiger partial charge >= 0.3 is 10.2 Å². The summed E-state index contributed by atoms with van der Waals surface area (Å²) in [6, 6.07) is 0. The van der Waals surface area contributed by atoms with Crippen molar-refractivity contribution in [2.24, 2.45) is 4.40 Å². The zero-order valence-electron chi connectivity index (χ0n) is 7.49. The summed E-state index contributed by atoms with van der Waals surface area (Å²) in [4.78, 5) is 0. The highest BCUT2D eigenvalue weighted by Gasteiger charge is 2.25. The standard InChI is InChI=1S/C7H11ClN2O2S/c1-3-4-10-7(8)5-6(2)9-13(10,11)12/h5H,3-4H2,1-2H3. The summed E-state index contributed by atoms with van der Waals surface area (Å²) >= 11 is 5.77. The Morgan fingerprint density at radius 2 is 2.23 bits per heavy atom. The summed E-state index contributed by atoms with van der Waals surface area (Å²) in [5.41, 5.74) is 0.414. The summed E-state index contributed by atoms with van der Waals surface area (Å²) in [6.45, 7) is 3.85. The average Bonchev–Trinajstić information content (AvgIpc) is 1.95. The summed E-state index contributed by atoms with van der Waals surface area (Å²) in [7, 11) is -3.56. The van der Waals surface area contributed by atoms with Crippen LogP contribution in [-0.4, -0.2) is 25.0 Å². The lowest BCUT2D eigenvalue weighted by molar-refractivity contribution is 0.489. The van der Waals surface area contributed by atoms with Gasteiger partial charge in [0.25, 0.3) is 0 Å². The average molecular weight is 223 g/mol. The Hall–Kier alpha value is -0.550. The van der Waals surface area contributed by atoms with E-state index in [9.17, 15) is 8.42 Å². The molecular formula is C7H11ClN2O2S.